The fourth-order valence-corrected chi connectivity index (χ4v) is 5.72. The maximum Gasteiger partial charge on any atom is 0.196 e. The van der Waals surface area contributed by atoms with Gasteiger partial charge in [0.1, 0.15) is 5.52 Å². The zero-order valence-corrected chi connectivity index (χ0v) is 18.6. The van der Waals surface area contributed by atoms with Crippen molar-refractivity contribution in [2.45, 2.75) is 25.2 Å². The second-order valence-electron chi connectivity index (χ2n) is 9.33. The number of aromatic amines is 1. The molecule has 0 radical (unpaired) electrons. The number of nitrogens with zero attached hydrogens (tertiary/aromatic N) is 4. The van der Waals surface area contributed by atoms with Gasteiger partial charge in [0.05, 0.1) is 0 Å². The highest BCUT2D eigenvalue weighted by Gasteiger charge is 2.36. The second kappa shape index (κ2) is 8.15. The Kier molecular flexibility index (Phi) is 5.52. The van der Waals surface area contributed by atoms with Crippen molar-refractivity contribution in [2.24, 2.45) is 5.92 Å². The maximum absolute atomic E-state index is 6.19. The van der Waals surface area contributed by atoms with Crippen molar-refractivity contribution in [1.29, 1.82) is 0 Å². The first-order valence-corrected chi connectivity index (χ1v) is 11.3. The summed E-state index contributed by atoms with van der Waals surface area (Å²) < 4.78 is 6.19. The summed E-state index contributed by atoms with van der Waals surface area (Å²) in [7, 11) is 2.20. The average Bonchev–Trinajstić information content (AvgIpc) is 3.37. The van der Waals surface area contributed by atoms with Crippen molar-refractivity contribution < 1.29 is 4.42 Å². The van der Waals surface area contributed by atoms with Crippen LogP contribution in [-0.4, -0.2) is 84.1 Å². The summed E-state index contributed by atoms with van der Waals surface area (Å²) in [6.07, 6.45) is 5.81. The Hall–Kier alpha value is -1.60. The fraction of sp³-hybridized carbons (Fsp3) is 0.609. The first-order valence-electron chi connectivity index (χ1n) is 11.3. The van der Waals surface area contributed by atoms with E-state index in [1.165, 1.54) is 48.9 Å². The van der Waals surface area contributed by atoms with Crippen LogP contribution in [0.15, 0.2) is 22.7 Å². The number of hydrogen-bond acceptors (Lipinski definition) is 5. The van der Waals surface area contributed by atoms with Gasteiger partial charge in [-0.3, -0.25) is 0 Å². The number of piperidine rings is 3. The normalized spacial score (nSPS) is 27.7. The molecule has 4 saturated heterocycles. The Morgan fingerprint density at radius 1 is 1.10 bits per heavy atom. The molecule has 0 spiro atoms. The van der Waals surface area contributed by atoms with Crippen LogP contribution in [0.25, 0.3) is 22.0 Å². The van der Waals surface area contributed by atoms with E-state index in [-0.39, 0.29) is 12.4 Å². The molecule has 4 aliphatic rings. The van der Waals surface area contributed by atoms with E-state index in [9.17, 15) is 0 Å². The van der Waals surface area contributed by atoms with Crippen LogP contribution in [-0.2, 0) is 6.42 Å². The Morgan fingerprint density at radius 3 is 2.63 bits per heavy atom. The SMILES string of the molecule is CN1CCN(CCc2nc3c(ccc4[nH]cc(C5CN6CCC5CC6)c43)o2)CC1.Cl. The number of piperazine rings is 1. The minimum atomic E-state index is 0. The zero-order chi connectivity index (χ0) is 19.4. The van der Waals surface area contributed by atoms with Gasteiger partial charge in [-0.2, -0.15) is 0 Å². The van der Waals surface area contributed by atoms with E-state index >= 15 is 0 Å². The smallest absolute Gasteiger partial charge is 0.196 e. The third kappa shape index (κ3) is 3.54. The molecule has 7 rings (SSSR count). The summed E-state index contributed by atoms with van der Waals surface area (Å²) >= 11 is 0. The molecule has 0 saturated carbocycles. The van der Waals surface area contributed by atoms with Crippen LogP contribution in [0.5, 0.6) is 0 Å². The lowest BCUT2D eigenvalue weighted by Crippen LogP contribution is -2.46. The Morgan fingerprint density at radius 2 is 1.90 bits per heavy atom. The number of likely N-dealkylation sites (N-methyl/N-ethyl adjacent to an activating group) is 1. The van der Waals surface area contributed by atoms with Gasteiger partial charge >= 0.3 is 0 Å². The van der Waals surface area contributed by atoms with Gasteiger partial charge in [-0.1, -0.05) is 0 Å². The number of hydrogen-bond donors (Lipinski definition) is 1. The van der Waals surface area contributed by atoms with E-state index in [4.69, 9.17) is 9.40 Å². The first kappa shape index (κ1) is 20.3. The highest BCUT2D eigenvalue weighted by atomic mass is 35.5. The quantitative estimate of drug-likeness (QED) is 0.689. The number of benzene rings is 1. The average molecular weight is 430 g/mol. The van der Waals surface area contributed by atoms with Gasteiger partial charge < -0.3 is 24.1 Å². The molecule has 1 atom stereocenters. The van der Waals surface area contributed by atoms with Crippen molar-refractivity contribution in [3.8, 4) is 0 Å². The van der Waals surface area contributed by atoms with E-state index in [0.29, 0.717) is 5.92 Å². The summed E-state index contributed by atoms with van der Waals surface area (Å²) in [5, 5.41) is 1.30. The van der Waals surface area contributed by atoms with Gasteiger partial charge in [0, 0.05) is 68.7 Å². The monoisotopic (exact) mass is 429 g/mol. The fourth-order valence-electron chi connectivity index (χ4n) is 5.72. The lowest BCUT2D eigenvalue weighted by Gasteiger charge is -2.44. The van der Waals surface area contributed by atoms with Crippen LogP contribution in [0.2, 0.25) is 0 Å². The van der Waals surface area contributed by atoms with Crippen molar-refractivity contribution in [3.05, 3.63) is 29.8 Å². The molecule has 30 heavy (non-hydrogen) atoms. The van der Waals surface area contributed by atoms with E-state index in [2.05, 4.69) is 45.1 Å². The van der Waals surface area contributed by atoms with E-state index in [0.717, 1.165) is 62.1 Å². The van der Waals surface area contributed by atoms with Crippen LogP contribution in [0.4, 0.5) is 0 Å². The molecule has 0 amide bonds. The van der Waals surface area contributed by atoms with Crippen molar-refractivity contribution in [1.82, 2.24) is 24.7 Å². The predicted molar refractivity (Wildman–Crippen MR) is 123 cm³/mol. The van der Waals surface area contributed by atoms with Gasteiger partial charge in [-0.05, 0) is 56.6 Å². The number of halogens is 1. The van der Waals surface area contributed by atoms with Crippen LogP contribution in [0, 0.1) is 5.92 Å². The lowest BCUT2D eigenvalue weighted by atomic mass is 9.75. The largest absolute Gasteiger partial charge is 0.441 e. The molecule has 6 heterocycles. The summed E-state index contributed by atoms with van der Waals surface area (Å²) in [6, 6.07) is 4.25. The molecule has 2 aromatic heterocycles. The molecular formula is C23H32ClN5O. The number of nitrogens with one attached hydrogen (secondary N) is 1. The number of rotatable bonds is 4. The zero-order valence-electron chi connectivity index (χ0n) is 17.8. The number of aromatic nitrogens is 2. The Balaban J connectivity index is 0.00000193. The summed E-state index contributed by atoms with van der Waals surface area (Å²) in [5.74, 6) is 2.33. The highest BCUT2D eigenvalue weighted by Crippen LogP contribution is 2.42. The molecule has 162 valence electrons. The molecule has 1 N–H and O–H groups in total. The van der Waals surface area contributed by atoms with Crippen LogP contribution < -0.4 is 0 Å². The summed E-state index contributed by atoms with van der Waals surface area (Å²) in [6.45, 7) is 9.37. The van der Waals surface area contributed by atoms with Crippen LogP contribution in [0.1, 0.15) is 30.2 Å². The van der Waals surface area contributed by atoms with Crippen molar-refractivity contribution in [3.63, 3.8) is 0 Å². The topological polar surface area (TPSA) is 51.5 Å². The lowest BCUT2D eigenvalue weighted by molar-refractivity contribution is 0.0877. The number of oxazole rings is 1. The summed E-state index contributed by atoms with van der Waals surface area (Å²) in [5.41, 5.74) is 4.65. The molecule has 1 unspecified atom stereocenters. The third-order valence-electron chi connectivity index (χ3n) is 7.57. The van der Waals surface area contributed by atoms with Gasteiger partial charge in [0.25, 0.3) is 0 Å². The molecular weight excluding hydrogens is 398 g/mol. The predicted octanol–water partition coefficient (Wildman–Crippen LogP) is 3.33. The van der Waals surface area contributed by atoms with Crippen LogP contribution >= 0.6 is 12.4 Å². The first-order chi connectivity index (χ1) is 14.2. The molecule has 6 nitrogen and oxygen atoms in total. The van der Waals surface area contributed by atoms with Crippen molar-refractivity contribution >= 4 is 34.4 Å². The molecule has 3 aromatic rings. The minimum Gasteiger partial charge on any atom is -0.441 e. The van der Waals surface area contributed by atoms with E-state index in [1.807, 2.05) is 0 Å². The van der Waals surface area contributed by atoms with Gasteiger partial charge in [0.2, 0.25) is 0 Å². The van der Waals surface area contributed by atoms with Gasteiger partial charge in [-0.15, -0.1) is 12.4 Å². The Bertz CT molecular complexity index is 1010. The number of fused-ring (bicyclic) bond motifs is 6. The molecule has 4 aliphatic heterocycles. The standard InChI is InChI=1S/C23H31N5O.ClH/c1-26-10-12-27(13-11-26)9-6-21-25-23-20(29-21)3-2-19-22(23)17(14-24-19)18-15-28-7-4-16(18)5-8-28;/h2-3,14,16,18,24H,4-13,15H2,1H3;1H. The second-order valence-corrected chi connectivity index (χ2v) is 9.33. The van der Waals surface area contributed by atoms with Gasteiger partial charge in [0.15, 0.2) is 11.5 Å². The molecule has 4 fully saturated rings. The van der Waals surface area contributed by atoms with E-state index in [1.54, 1.807) is 0 Å². The third-order valence-corrected chi connectivity index (χ3v) is 7.57. The van der Waals surface area contributed by atoms with E-state index < -0.39 is 0 Å². The highest BCUT2D eigenvalue weighted by molar-refractivity contribution is 6.04. The molecule has 0 aliphatic carbocycles. The van der Waals surface area contributed by atoms with Gasteiger partial charge in [-0.25, -0.2) is 4.98 Å². The summed E-state index contributed by atoms with van der Waals surface area (Å²) in [4.78, 5) is 16.1. The van der Waals surface area contributed by atoms with Crippen LogP contribution in [0.3, 0.4) is 0 Å². The molecule has 1 aromatic carbocycles. The molecule has 2 bridgehead atoms. The maximum atomic E-state index is 6.19. The number of H-pyrrole nitrogens is 1. The minimum absolute atomic E-state index is 0. The van der Waals surface area contributed by atoms with Crippen molar-refractivity contribution in [2.75, 3.05) is 59.4 Å². The molecule has 7 heteroatoms. The Labute approximate surface area is 184 Å².